The predicted molar refractivity (Wildman–Crippen MR) is 112 cm³/mol. The largest absolute Gasteiger partial charge is 0.468 e. The molecular weight excluding hydrogens is 372 g/mol. The van der Waals surface area contributed by atoms with Crippen molar-refractivity contribution < 1.29 is 9.21 Å². The maximum absolute atomic E-state index is 13.2. The smallest absolute Gasteiger partial charge is 0.274 e. The average molecular weight is 401 g/mol. The quantitative estimate of drug-likeness (QED) is 0.698. The van der Waals surface area contributed by atoms with Crippen LogP contribution in [-0.2, 0) is 25.9 Å². The van der Waals surface area contributed by atoms with Gasteiger partial charge in [0.1, 0.15) is 5.76 Å². The molecule has 1 saturated heterocycles. The van der Waals surface area contributed by atoms with Crippen molar-refractivity contribution >= 4 is 17.7 Å². The fourth-order valence-corrected chi connectivity index (χ4v) is 5.09. The number of hydrogen-bond acceptors (Lipinski definition) is 5. The molecule has 1 aliphatic carbocycles. The molecule has 2 aromatic rings. The summed E-state index contributed by atoms with van der Waals surface area (Å²) in [7, 11) is 2.13. The number of thioether (sulfide) groups is 1. The van der Waals surface area contributed by atoms with Crippen LogP contribution in [0.1, 0.15) is 33.9 Å². The third kappa shape index (κ3) is 3.91. The van der Waals surface area contributed by atoms with Crippen LogP contribution in [-0.4, -0.2) is 63.2 Å². The number of carbonyl (C=O) groups is 1. The van der Waals surface area contributed by atoms with Crippen molar-refractivity contribution in [2.75, 3.05) is 31.6 Å². The number of hydrogen-bond donors (Lipinski definition) is 0. The first-order chi connectivity index (χ1) is 13.7. The Labute approximate surface area is 170 Å². The van der Waals surface area contributed by atoms with Gasteiger partial charge >= 0.3 is 0 Å². The first-order valence-corrected chi connectivity index (χ1v) is 11.1. The van der Waals surface area contributed by atoms with Gasteiger partial charge in [-0.15, -0.1) is 6.58 Å². The number of fused-ring (bicyclic) bond motifs is 1. The van der Waals surface area contributed by atoms with Crippen LogP contribution in [0.2, 0.25) is 0 Å². The molecule has 1 aliphatic heterocycles. The minimum atomic E-state index is 0.0914. The van der Waals surface area contributed by atoms with E-state index in [2.05, 4.69) is 18.5 Å². The molecular formula is C21H28N4O2S. The zero-order chi connectivity index (χ0) is 19.5. The van der Waals surface area contributed by atoms with E-state index in [4.69, 9.17) is 9.52 Å². The first kappa shape index (κ1) is 19.3. The third-order valence-corrected chi connectivity index (χ3v) is 6.67. The molecule has 3 heterocycles. The Morgan fingerprint density at radius 1 is 1.46 bits per heavy atom. The number of furan rings is 1. The van der Waals surface area contributed by atoms with E-state index < -0.39 is 0 Å². The summed E-state index contributed by atoms with van der Waals surface area (Å²) in [6.45, 7) is 6.91. The lowest BCUT2D eigenvalue weighted by molar-refractivity contribution is 0.0763. The minimum absolute atomic E-state index is 0.0914. The summed E-state index contributed by atoms with van der Waals surface area (Å²) < 4.78 is 7.49. The Bertz CT molecular complexity index is 824. The van der Waals surface area contributed by atoms with E-state index in [0.717, 1.165) is 61.7 Å². The second-order valence-electron chi connectivity index (χ2n) is 7.54. The number of rotatable bonds is 6. The van der Waals surface area contributed by atoms with Gasteiger partial charge in [0.2, 0.25) is 0 Å². The number of amides is 1. The summed E-state index contributed by atoms with van der Waals surface area (Å²) in [6.07, 6.45) is 6.42. The Hall–Kier alpha value is -1.99. The summed E-state index contributed by atoms with van der Waals surface area (Å²) in [4.78, 5) is 17.5. The Kier molecular flexibility index (Phi) is 5.92. The molecule has 1 fully saturated rings. The van der Waals surface area contributed by atoms with Crippen molar-refractivity contribution in [1.82, 2.24) is 19.6 Å². The van der Waals surface area contributed by atoms with Gasteiger partial charge in [0.05, 0.1) is 19.4 Å². The standard InChI is InChI=1S/C21H28N4O2S/c1-3-8-25-19-7-6-16(23(2)15-17-5-4-11-27-17)14-18(19)20(22-25)21(26)24-9-12-28-13-10-24/h3-5,11,16H,1,6-10,12-15H2,2H3. The van der Waals surface area contributed by atoms with E-state index in [1.54, 1.807) is 6.26 Å². The van der Waals surface area contributed by atoms with E-state index in [9.17, 15) is 4.79 Å². The summed E-state index contributed by atoms with van der Waals surface area (Å²) in [5.74, 6) is 3.08. The summed E-state index contributed by atoms with van der Waals surface area (Å²) in [6, 6.07) is 4.31. The molecule has 0 radical (unpaired) electrons. The predicted octanol–water partition coefficient (Wildman–Crippen LogP) is 2.84. The van der Waals surface area contributed by atoms with Crippen molar-refractivity contribution in [2.24, 2.45) is 0 Å². The van der Waals surface area contributed by atoms with Crippen LogP contribution in [0.3, 0.4) is 0 Å². The number of allylic oxidation sites excluding steroid dienone is 1. The lowest BCUT2D eigenvalue weighted by atomic mass is 9.90. The van der Waals surface area contributed by atoms with E-state index in [0.29, 0.717) is 18.3 Å². The average Bonchev–Trinajstić information content (AvgIpc) is 3.36. The highest BCUT2D eigenvalue weighted by atomic mass is 32.2. The maximum Gasteiger partial charge on any atom is 0.274 e. The monoisotopic (exact) mass is 400 g/mol. The van der Waals surface area contributed by atoms with Gasteiger partial charge in [0.15, 0.2) is 5.69 Å². The van der Waals surface area contributed by atoms with E-state index in [-0.39, 0.29) is 5.91 Å². The van der Waals surface area contributed by atoms with Gasteiger partial charge in [-0.2, -0.15) is 16.9 Å². The number of carbonyl (C=O) groups excluding carboxylic acids is 1. The van der Waals surface area contributed by atoms with Crippen molar-refractivity contribution in [2.45, 2.75) is 38.4 Å². The first-order valence-electron chi connectivity index (χ1n) is 9.96. The fourth-order valence-electron chi connectivity index (χ4n) is 4.18. The van der Waals surface area contributed by atoms with Crippen LogP contribution in [0.4, 0.5) is 0 Å². The van der Waals surface area contributed by atoms with Crippen molar-refractivity contribution in [1.29, 1.82) is 0 Å². The van der Waals surface area contributed by atoms with Crippen LogP contribution in [0.25, 0.3) is 0 Å². The van der Waals surface area contributed by atoms with E-state index in [1.807, 2.05) is 39.6 Å². The molecule has 1 amide bonds. The molecule has 4 rings (SSSR count). The lowest BCUT2D eigenvalue weighted by Crippen LogP contribution is -2.40. The van der Waals surface area contributed by atoms with Gasteiger partial charge in [-0.1, -0.05) is 6.08 Å². The van der Waals surface area contributed by atoms with E-state index >= 15 is 0 Å². The molecule has 0 aromatic carbocycles. The van der Waals surface area contributed by atoms with Gasteiger partial charge in [-0.25, -0.2) is 0 Å². The Morgan fingerprint density at radius 2 is 2.29 bits per heavy atom. The summed E-state index contributed by atoms with van der Waals surface area (Å²) in [5.41, 5.74) is 2.99. The summed E-state index contributed by atoms with van der Waals surface area (Å²) in [5, 5.41) is 4.74. The van der Waals surface area contributed by atoms with Gasteiger partial charge in [0, 0.05) is 41.9 Å². The van der Waals surface area contributed by atoms with Gasteiger partial charge in [0.25, 0.3) is 5.91 Å². The highest BCUT2D eigenvalue weighted by Crippen LogP contribution is 2.29. The molecule has 7 heteroatoms. The highest BCUT2D eigenvalue weighted by molar-refractivity contribution is 7.99. The number of nitrogens with zero attached hydrogens (tertiary/aromatic N) is 4. The molecule has 0 saturated carbocycles. The SMILES string of the molecule is C=CCn1nc(C(=O)N2CCSCC2)c2c1CCC(N(C)Cc1ccco1)C2. The van der Waals surface area contributed by atoms with Crippen LogP contribution >= 0.6 is 11.8 Å². The van der Waals surface area contributed by atoms with Gasteiger partial charge in [-0.3, -0.25) is 14.4 Å². The van der Waals surface area contributed by atoms with E-state index in [1.165, 1.54) is 5.69 Å². The fraction of sp³-hybridized carbons (Fsp3) is 0.524. The Morgan fingerprint density at radius 3 is 3.00 bits per heavy atom. The third-order valence-electron chi connectivity index (χ3n) is 5.73. The molecule has 1 unspecified atom stereocenters. The van der Waals surface area contributed by atoms with Crippen molar-refractivity contribution in [3.63, 3.8) is 0 Å². The molecule has 0 spiro atoms. The molecule has 150 valence electrons. The zero-order valence-corrected chi connectivity index (χ0v) is 17.3. The summed E-state index contributed by atoms with van der Waals surface area (Å²) >= 11 is 1.91. The number of likely N-dealkylation sites (N-methyl/N-ethyl adjacent to an activating group) is 1. The van der Waals surface area contributed by atoms with Crippen LogP contribution in [0, 0.1) is 0 Å². The molecule has 0 bridgehead atoms. The maximum atomic E-state index is 13.2. The number of aromatic nitrogens is 2. The van der Waals surface area contributed by atoms with Crippen LogP contribution in [0.15, 0.2) is 35.5 Å². The zero-order valence-electron chi connectivity index (χ0n) is 16.5. The molecule has 1 atom stereocenters. The molecule has 28 heavy (non-hydrogen) atoms. The van der Waals surface area contributed by atoms with Gasteiger partial charge in [-0.05, 0) is 38.4 Å². The second kappa shape index (κ2) is 8.57. The second-order valence-corrected chi connectivity index (χ2v) is 8.77. The van der Waals surface area contributed by atoms with Gasteiger partial charge < -0.3 is 9.32 Å². The molecule has 6 nitrogen and oxygen atoms in total. The van der Waals surface area contributed by atoms with Crippen molar-refractivity contribution in [3.8, 4) is 0 Å². The molecule has 0 N–H and O–H groups in total. The highest BCUT2D eigenvalue weighted by Gasteiger charge is 2.32. The Balaban J connectivity index is 1.57. The van der Waals surface area contributed by atoms with Crippen LogP contribution < -0.4 is 0 Å². The minimum Gasteiger partial charge on any atom is -0.468 e. The molecule has 2 aromatic heterocycles. The topological polar surface area (TPSA) is 54.5 Å². The molecule has 2 aliphatic rings. The normalized spacial score (nSPS) is 19.6. The van der Waals surface area contributed by atoms with Crippen LogP contribution in [0.5, 0.6) is 0 Å². The lowest BCUT2D eigenvalue weighted by Gasteiger charge is -2.31. The van der Waals surface area contributed by atoms with Crippen molar-refractivity contribution in [3.05, 3.63) is 53.8 Å².